The summed E-state index contributed by atoms with van der Waals surface area (Å²) in [5.41, 5.74) is 8.43. The van der Waals surface area contributed by atoms with Crippen LogP contribution in [-0.2, 0) is 17.3 Å². The maximum atomic E-state index is 8.10. The number of hydrogen-bond donors (Lipinski definition) is 0. The molecule has 0 saturated heterocycles. The summed E-state index contributed by atoms with van der Waals surface area (Å²) in [6, 6.07) is 33.4. The van der Waals surface area contributed by atoms with Crippen molar-refractivity contribution in [1.29, 1.82) is 0 Å². The molecule has 1 aliphatic rings. The van der Waals surface area contributed by atoms with Gasteiger partial charge in [0, 0.05) is 0 Å². The van der Waals surface area contributed by atoms with E-state index in [1.54, 1.807) is 0 Å². The number of fused-ring (bicyclic) bond motifs is 3. The Hall–Kier alpha value is -2.61. The minimum absolute atomic E-state index is 0.0214. The Morgan fingerprint density at radius 2 is 1.17 bits per heavy atom. The van der Waals surface area contributed by atoms with Gasteiger partial charge in [-0.1, -0.05) is 133 Å². The van der Waals surface area contributed by atoms with Gasteiger partial charge in [-0.3, -0.25) is 0 Å². The Morgan fingerprint density at radius 3 is 1.69 bits per heavy atom. The Kier molecular flexibility index (Phi) is 5.85. The summed E-state index contributed by atoms with van der Waals surface area (Å²) in [5.74, 6) is 0. The molecule has 0 aromatic heterocycles. The van der Waals surface area contributed by atoms with E-state index in [1.165, 1.54) is 48.9 Å². The largest absolute Gasteiger partial charge is 0.248 e. The van der Waals surface area contributed by atoms with Crippen molar-refractivity contribution in [2.75, 3.05) is 0 Å². The third kappa shape index (κ3) is 4.09. The predicted molar refractivity (Wildman–Crippen MR) is 155 cm³/mol. The summed E-state index contributed by atoms with van der Waals surface area (Å²) in [6.45, 7) is 13.8. The zero-order valence-electron chi connectivity index (χ0n) is 21.7. The molecule has 2 heteroatoms. The Labute approximate surface area is 216 Å². The van der Waals surface area contributed by atoms with Crippen molar-refractivity contribution in [3.8, 4) is 11.1 Å². The first-order valence-corrected chi connectivity index (χ1v) is 15.6. The maximum Gasteiger partial charge on any atom is 0.248 e. The van der Waals surface area contributed by atoms with Gasteiger partial charge in [0.25, 0.3) is 0 Å². The van der Waals surface area contributed by atoms with Gasteiger partial charge >= 0.3 is 0 Å². The number of benzene rings is 4. The predicted octanol–water partition coefficient (Wildman–Crippen LogP) is 7.06. The average Bonchev–Trinajstić information content (AvgIpc) is 3.21. The molecule has 0 aliphatic heterocycles. The molecule has 0 heterocycles. The smallest absolute Gasteiger partial charge is 0.149 e. The van der Waals surface area contributed by atoms with Crippen LogP contribution in [0.5, 0.6) is 0 Å². The Balaban J connectivity index is 1.84. The molecule has 35 heavy (non-hydrogen) atoms. The summed E-state index contributed by atoms with van der Waals surface area (Å²) < 4.78 is 0. The fourth-order valence-corrected chi connectivity index (χ4v) is 10.6. The molecule has 0 N–H and O–H groups in total. The second-order valence-electron chi connectivity index (χ2n) is 12.0. The molecule has 5 rings (SSSR count). The topological polar surface area (TPSA) is 0 Å². The fraction of sp³-hybridized carbons (Fsp3) is 0.273. The van der Waals surface area contributed by atoms with E-state index < -0.39 is 7.38 Å². The van der Waals surface area contributed by atoms with E-state index in [-0.39, 0.29) is 10.8 Å². The van der Waals surface area contributed by atoms with Crippen molar-refractivity contribution in [2.24, 2.45) is 0 Å². The highest BCUT2D eigenvalue weighted by atomic mass is 35.6. The van der Waals surface area contributed by atoms with Crippen molar-refractivity contribution >= 4 is 34.0 Å². The van der Waals surface area contributed by atoms with Gasteiger partial charge in [0.1, 0.15) is 0 Å². The quantitative estimate of drug-likeness (QED) is 0.143. The van der Waals surface area contributed by atoms with Gasteiger partial charge in [-0.05, 0) is 66.2 Å². The molecule has 0 saturated carbocycles. The minimum Gasteiger partial charge on any atom is -0.149 e. The standard InChI is InChI=1S/C33H35ClSi/c1-32(2,3)24-17-18-27-23(21-24)22-29-28(27)19-20-30(33(4,5)6)31(29)35(34,25-13-9-7-10-14-25)26-15-11-8-12-16-26/h7-21H,22H2,1-6H3. The first-order valence-electron chi connectivity index (χ1n) is 12.6. The van der Waals surface area contributed by atoms with Gasteiger partial charge in [-0.15, -0.1) is 11.1 Å². The lowest BCUT2D eigenvalue weighted by Crippen LogP contribution is -2.65. The molecule has 178 valence electrons. The second-order valence-corrected chi connectivity index (χ2v) is 16.6. The van der Waals surface area contributed by atoms with Gasteiger partial charge in [0.2, 0.25) is 7.38 Å². The molecule has 4 aromatic rings. The lowest BCUT2D eigenvalue weighted by Gasteiger charge is -2.35. The fourth-order valence-electron chi connectivity index (χ4n) is 5.55. The molecule has 0 unspecified atom stereocenters. The Morgan fingerprint density at radius 1 is 0.629 bits per heavy atom. The summed E-state index contributed by atoms with van der Waals surface area (Å²) in [7, 11) is -2.81. The Bertz CT molecular complexity index is 1330. The average molecular weight is 495 g/mol. The molecule has 0 atom stereocenters. The molecule has 0 bridgehead atoms. The monoisotopic (exact) mass is 494 g/mol. The van der Waals surface area contributed by atoms with Gasteiger partial charge < -0.3 is 0 Å². The first kappa shape index (κ1) is 24.1. The van der Waals surface area contributed by atoms with Crippen molar-refractivity contribution in [2.45, 2.75) is 58.8 Å². The summed E-state index contributed by atoms with van der Waals surface area (Å²) in [6.07, 6.45) is 0.939. The SMILES string of the molecule is CC(C)(C)c1ccc2c(c1)Cc1c-2ccc(C(C)(C)C)c1[Si](Cl)(c1ccccc1)c1ccccc1. The van der Waals surface area contributed by atoms with Gasteiger partial charge in [-0.2, -0.15) is 0 Å². The van der Waals surface area contributed by atoms with Gasteiger partial charge in [0.15, 0.2) is 0 Å². The van der Waals surface area contributed by atoms with Crippen molar-refractivity contribution in [3.05, 3.63) is 113 Å². The van der Waals surface area contributed by atoms with Crippen molar-refractivity contribution < 1.29 is 0 Å². The lowest BCUT2D eigenvalue weighted by molar-refractivity contribution is 0.590. The highest BCUT2D eigenvalue weighted by molar-refractivity contribution is 7.40. The van der Waals surface area contributed by atoms with Crippen LogP contribution >= 0.6 is 11.1 Å². The van der Waals surface area contributed by atoms with E-state index >= 15 is 0 Å². The molecule has 1 aliphatic carbocycles. The van der Waals surface area contributed by atoms with Crippen molar-refractivity contribution in [1.82, 2.24) is 0 Å². The van der Waals surface area contributed by atoms with Gasteiger partial charge in [0.05, 0.1) is 0 Å². The van der Waals surface area contributed by atoms with E-state index in [2.05, 4.69) is 133 Å². The molecule has 0 spiro atoms. The molecule has 4 aromatic carbocycles. The summed E-state index contributed by atoms with van der Waals surface area (Å²) in [5, 5.41) is 3.88. The van der Waals surface area contributed by atoms with E-state index in [0.717, 1.165) is 6.42 Å². The van der Waals surface area contributed by atoms with E-state index in [1.807, 2.05) is 0 Å². The highest BCUT2D eigenvalue weighted by Crippen LogP contribution is 2.41. The van der Waals surface area contributed by atoms with Crippen LogP contribution in [0.25, 0.3) is 11.1 Å². The normalized spacial score (nSPS) is 13.5. The minimum atomic E-state index is -2.81. The molecule has 0 amide bonds. The summed E-state index contributed by atoms with van der Waals surface area (Å²) in [4.78, 5) is 0. The molecule has 0 radical (unpaired) electrons. The van der Waals surface area contributed by atoms with Crippen LogP contribution in [0.2, 0.25) is 0 Å². The van der Waals surface area contributed by atoms with Gasteiger partial charge in [-0.25, -0.2) is 0 Å². The third-order valence-electron chi connectivity index (χ3n) is 7.44. The first-order chi connectivity index (χ1) is 16.5. The number of rotatable bonds is 3. The van der Waals surface area contributed by atoms with Crippen LogP contribution in [-0.4, -0.2) is 7.38 Å². The zero-order valence-corrected chi connectivity index (χ0v) is 23.5. The lowest BCUT2D eigenvalue weighted by atomic mass is 9.85. The summed E-state index contributed by atoms with van der Waals surface area (Å²) >= 11 is 8.10. The zero-order chi connectivity index (χ0) is 25.0. The second kappa shape index (κ2) is 8.50. The van der Waals surface area contributed by atoms with Crippen LogP contribution in [0.3, 0.4) is 0 Å². The van der Waals surface area contributed by atoms with Crippen LogP contribution in [0.4, 0.5) is 0 Å². The number of hydrogen-bond acceptors (Lipinski definition) is 0. The number of halogens is 1. The van der Waals surface area contributed by atoms with E-state index in [4.69, 9.17) is 11.1 Å². The third-order valence-corrected chi connectivity index (χ3v) is 12.8. The van der Waals surface area contributed by atoms with Crippen LogP contribution in [0, 0.1) is 0 Å². The van der Waals surface area contributed by atoms with Crippen LogP contribution < -0.4 is 15.6 Å². The highest BCUT2D eigenvalue weighted by Gasteiger charge is 2.44. The van der Waals surface area contributed by atoms with E-state index in [9.17, 15) is 0 Å². The van der Waals surface area contributed by atoms with Crippen molar-refractivity contribution in [3.63, 3.8) is 0 Å². The molecule has 0 nitrogen and oxygen atoms in total. The molecule has 0 fully saturated rings. The molecular formula is C33H35ClSi. The maximum absolute atomic E-state index is 8.10. The molecular weight excluding hydrogens is 460 g/mol. The van der Waals surface area contributed by atoms with E-state index in [0.29, 0.717) is 0 Å². The van der Waals surface area contributed by atoms with Crippen LogP contribution in [0.1, 0.15) is 63.8 Å². The van der Waals surface area contributed by atoms with Crippen LogP contribution in [0.15, 0.2) is 91.0 Å².